The normalized spacial score (nSPS) is 15.6. The Morgan fingerprint density at radius 2 is 1.37 bits per heavy atom. The Morgan fingerprint density at radius 3 is 1.85 bits per heavy atom. The van der Waals surface area contributed by atoms with Crippen LogP contribution in [0.3, 0.4) is 0 Å². The van der Waals surface area contributed by atoms with E-state index in [2.05, 4.69) is 39.9 Å². The molecule has 1 saturated heterocycles. The first-order valence-corrected chi connectivity index (χ1v) is 8.83. The third kappa shape index (κ3) is 4.47. The van der Waals surface area contributed by atoms with Crippen molar-refractivity contribution < 1.29 is 14.4 Å². The molecule has 1 heterocycles. The molecule has 6 nitrogen and oxygen atoms in total. The van der Waals surface area contributed by atoms with Crippen molar-refractivity contribution in [3.05, 3.63) is 71.8 Å². The molecular weight excluding hydrogens is 342 g/mol. The van der Waals surface area contributed by atoms with Gasteiger partial charge in [-0.1, -0.05) is 60.7 Å². The van der Waals surface area contributed by atoms with Gasteiger partial charge in [0.25, 0.3) is 0 Å². The summed E-state index contributed by atoms with van der Waals surface area (Å²) in [6.07, 6.45) is 0.736. The number of carbonyl (C=O) groups is 3. The zero-order chi connectivity index (χ0) is 19.2. The summed E-state index contributed by atoms with van der Waals surface area (Å²) in [5, 5.41) is 4.20. The zero-order valence-electron chi connectivity index (χ0n) is 15.0. The van der Waals surface area contributed by atoms with Crippen LogP contribution in [0.5, 0.6) is 0 Å². The number of nitrogens with zero attached hydrogens (tertiary/aromatic N) is 1. The number of urea groups is 1. The highest BCUT2D eigenvalue weighted by Crippen LogP contribution is 2.27. The Bertz CT molecular complexity index is 803. The van der Waals surface area contributed by atoms with Crippen LogP contribution in [-0.2, 0) is 9.59 Å². The number of barbiturate groups is 1. The Labute approximate surface area is 157 Å². The first kappa shape index (κ1) is 18.5. The van der Waals surface area contributed by atoms with Crippen molar-refractivity contribution in [2.24, 2.45) is 10.9 Å². The number of nitrogens with one attached hydrogen (secondary N) is 2. The van der Waals surface area contributed by atoms with E-state index in [1.54, 1.807) is 6.92 Å². The van der Waals surface area contributed by atoms with Gasteiger partial charge < -0.3 is 0 Å². The number of imide groups is 2. The highest BCUT2D eigenvalue weighted by molar-refractivity contribution is 6.27. The first-order valence-electron chi connectivity index (χ1n) is 8.83. The number of rotatable bonds is 6. The minimum atomic E-state index is -1.06. The maximum atomic E-state index is 11.9. The van der Waals surface area contributed by atoms with Gasteiger partial charge in [-0.3, -0.25) is 25.2 Å². The zero-order valence-corrected chi connectivity index (χ0v) is 15.0. The minimum absolute atomic E-state index is 0.166. The summed E-state index contributed by atoms with van der Waals surface area (Å²) in [5.74, 6) is -2.16. The second kappa shape index (κ2) is 8.40. The third-order valence-corrected chi connectivity index (χ3v) is 4.60. The number of hydrogen-bond donors (Lipinski definition) is 2. The van der Waals surface area contributed by atoms with E-state index in [0.29, 0.717) is 12.3 Å². The van der Waals surface area contributed by atoms with E-state index in [-0.39, 0.29) is 5.92 Å². The average molecular weight is 363 g/mol. The Kier molecular flexibility index (Phi) is 5.76. The van der Waals surface area contributed by atoms with Crippen molar-refractivity contribution in [1.29, 1.82) is 0 Å². The molecule has 2 N–H and O–H groups in total. The second-order valence-corrected chi connectivity index (χ2v) is 6.43. The van der Waals surface area contributed by atoms with Crippen LogP contribution in [0.25, 0.3) is 0 Å². The Morgan fingerprint density at radius 1 is 0.889 bits per heavy atom. The lowest BCUT2D eigenvalue weighted by Gasteiger charge is -2.21. The summed E-state index contributed by atoms with van der Waals surface area (Å²) in [7, 11) is 0. The molecule has 0 radical (unpaired) electrons. The fourth-order valence-electron chi connectivity index (χ4n) is 3.26. The summed E-state index contributed by atoms with van der Waals surface area (Å²) in [4.78, 5) is 39.5. The van der Waals surface area contributed by atoms with E-state index < -0.39 is 23.8 Å². The highest BCUT2D eigenvalue weighted by atomic mass is 16.2. The van der Waals surface area contributed by atoms with E-state index in [9.17, 15) is 14.4 Å². The summed E-state index contributed by atoms with van der Waals surface area (Å²) < 4.78 is 0. The number of carbonyl (C=O) groups excluding carboxylic acids is 3. The Hall–Kier alpha value is -3.28. The summed E-state index contributed by atoms with van der Waals surface area (Å²) in [6, 6.07) is 19.5. The molecule has 1 aliphatic heterocycles. The van der Waals surface area contributed by atoms with Gasteiger partial charge in [-0.05, 0) is 24.5 Å². The van der Waals surface area contributed by atoms with Gasteiger partial charge in [0.2, 0.25) is 11.8 Å². The van der Waals surface area contributed by atoms with Crippen LogP contribution in [0.15, 0.2) is 65.7 Å². The molecule has 138 valence electrons. The van der Waals surface area contributed by atoms with Crippen LogP contribution in [-0.4, -0.2) is 30.1 Å². The van der Waals surface area contributed by atoms with Crippen molar-refractivity contribution in [2.75, 3.05) is 6.54 Å². The molecule has 4 amide bonds. The average Bonchev–Trinajstić information content (AvgIpc) is 2.66. The lowest BCUT2D eigenvalue weighted by molar-refractivity contribution is -0.132. The van der Waals surface area contributed by atoms with Crippen molar-refractivity contribution in [3.8, 4) is 0 Å². The minimum Gasteiger partial charge on any atom is -0.293 e. The molecule has 1 aliphatic rings. The maximum absolute atomic E-state index is 11.9. The van der Waals surface area contributed by atoms with E-state index in [1.165, 1.54) is 11.1 Å². The molecule has 0 spiro atoms. The SMILES string of the molecule is CC(=NCCC(c1ccccc1)c1ccccc1)C1C(=O)NC(=O)NC1=O. The predicted octanol–water partition coefficient (Wildman–Crippen LogP) is 2.65. The number of hydrogen-bond acceptors (Lipinski definition) is 4. The monoisotopic (exact) mass is 363 g/mol. The molecule has 2 aromatic carbocycles. The quantitative estimate of drug-likeness (QED) is 0.611. The van der Waals surface area contributed by atoms with E-state index >= 15 is 0 Å². The predicted molar refractivity (Wildman–Crippen MR) is 102 cm³/mol. The molecular formula is C21H21N3O3. The van der Waals surface area contributed by atoms with Gasteiger partial charge >= 0.3 is 6.03 Å². The molecule has 6 heteroatoms. The van der Waals surface area contributed by atoms with Crippen LogP contribution < -0.4 is 10.6 Å². The van der Waals surface area contributed by atoms with E-state index in [0.717, 1.165) is 6.42 Å². The van der Waals surface area contributed by atoms with Crippen molar-refractivity contribution >= 4 is 23.6 Å². The van der Waals surface area contributed by atoms with Gasteiger partial charge in [0.05, 0.1) is 0 Å². The number of benzene rings is 2. The lowest BCUT2D eigenvalue weighted by atomic mass is 9.88. The molecule has 0 bridgehead atoms. The fraction of sp³-hybridized carbons (Fsp3) is 0.238. The standard InChI is InChI=1S/C21H21N3O3/c1-14(18-19(25)23-21(27)24-20(18)26)22-13-12-17(15-8-4-2-5-9-15)16-10-6-3-7-11-16/h2-11,17-18H,12-13H2,1H3,(H2,23,24,25,26,27). The molecule has 0 aliphatic carbocycles. The molecule has 27 heavy (non-hydrogen) atoms. The van der Waals surface area contributed by atoms with Gasteiger partial charge in [0.15, 0.2) is 5.92 Å². The van der Waals surface area contributed by atoms with Gasteiger partial charge in [0, 0.05) is 18.2 Å². The molecule has 0 saturated carbocycles. The van der Waals surface area contributed by atoms with Crippen LogP contribution >= 0.6 is 0 Å². The highest BCUT2D eigenvalue weighted by Gasteiger charge is 2.36. The molecule has 3 rings (SSSR count). The number of amides is 4. The Balaban J connectivity index is 1.74. The molecule has 0 aromatic heterocycles. The van der Waals surface area contributed by atoms with Gasteiger partial charge in [-0.15, -0.1) is 0 Å². The smallest absolute Gasteiger partial charge is 0.293 e. The van der Waals surface area contributed by atoms with Crippen molar-refractivity contribution in [3.63, 3.8) is 0 Å². The summed E-state index contributed by atoms with van der Waals surface area (Å²) in [5.41, 5.74) is 2.78. The van der Waals surface area contributed by atoms with Crippen molar-refractivity contribution in [2.45, 2.75) is 19.3 Å². The molecule has 2 aromatic rings. The van der Waals surface area contributed by atoms with Gasteiger partial charge in [0.1, 0.15) is 0 Å². The van der Waals surface area contributed by atoms with Crippen LogP contribution in [0.4, 0.5) is 4.79 Å². The van der Waals surface area contributed by atoms with Gasteiger partial charge in [-0.2, -0.15) is 0 Å². The van der Waals surface area contributed by atoms with E-state index in [1.807, 2.05) is 36.4 Å². The summed E-state index contributed by atoms with van der Waals surface area (Å²) >= 11 is 0. The van der Waals surface area contributed by atoms with Crippen LogP contribution in [0.2, 0.25) is 0 Å². The topological polar surface area (TPSA) is 87.6 Å². The molecule has 1 fully saturated rings. The van der Waals surface area contributed by atoms with E-state index in [4.69, 9.17) is 0 Å². The van der Waals surface area contributed by atoms with Crippen LogP contribution in [0, 0.1) is 5.92 Å². The largest absolute Gasteiger partial charge is 0.328 e. The number of aliphatic imine (C=N–C) groups is 1. The van der Waals surface area contributed by atoms with Gasteiger partial charge in [-0.25, -0.2) is 4.79 Å². The third-order valence-electron chi connectivity index (χ3n) is 4.60. The molecule has 0 unspecified atom stereocenters. The van der Waals surface area contributed by atoms with Crippen LogP contribution in [0.1, 0.15) is 30.4 Å². The second-order valence-electron chi connectivity index (χ2n) is 6.43. The maximum Gasteiger partial charge on any atom is 0.328 e. The first-order chi connectivity index (χ1) is 13.1. The fourth-order valence-corrected chi connectivity index (χ4v) is 3.26. The lowest BCUT2D eigenvalue weighted by Crippen LogP contribution is -2.57. The summed E-state index contributed by atoms with van der Waals surface area (Å²) in [6.45, 7) is 2.10. The molecule has 0 atom stereocenters. The van der Waals surface area contributed by atoms with Crippen molar-refractivity contribution in [1.82, 2.24) is 10.6 Å².